The summed E-state index contributed by atoms with van der Waals surface area (Å²) in [6.07, 6.45) is 5.06. The lowest BCUT2D eigenvalue weighted by atomic mass is 10.1. The van der Waals surface area contributed by atoms with Gasteiger partial charge in [0.25, 0.3) is 0 Å². The third-order valence-electron chi connectivity index (χ3n) is 1.58. The quantitative estimate of drug-likeness (QED) is 0.631. The van der Waals surface area contributed by atoms with Gasteiger partial charge in [-0.1, -0.05) is 0 Å². The molecular formula is C10H15FO2. The number of methoxy groups -OCH3 is 1. The molecule has 0 aliphatic heterocycles. The smallest absolute Gasteiger partial charge is 0.228 e. The van der Waals surface area contributed by atoms with Crippen LogP contribution in [0.25, 0.3) is 0 Å². The second-order valence-corrected chi connectivity index (χ2v) is 2.22. The first-order valence-corrected chi connectivity index (χ1v) is 3.99. The Kier molecular flexibility index (Phi) is 6.69. The molecule has 3 heteroatoms. The van der Waals surface area contributed by atoms with E-state index in [2.05, 4.69) is 17.9 Å². The molecule has 0 bridgehead atoms. The minimum Gasteiger partial charge on any atom is -0.501 e. The standard InChI is InChI=1S/C8H11FO2.C2H4/c1-10-7-2-4-8(5-3-7)11-6-9;1-2/h2,4H,3,5-6H2,1H3;1-2H2. The van der Waals surface area contributed by atoms with Crippen LogP contribution in [0.2, 0.25) is 0 Å². The zero-order chi connectivity index (χ0) is 10.1. The van der Waals surface area contributed by atoms with E-state index in [0.717, 1.165) is 18.6 Å². The Hall–Kier alpha value is -1.25. The molecule has 13 heavy (non-hydrogen) atoms. The monoisotopic (exact) mass is 186 g/mol. The van der Waals surface area contributed by atoms with Crippen molar-refractivity contribution in [3.63, 3.8) is 0 Å². The number of halogens is 1. The molecule has 0 saturated carbocycles. The molecule has 0 saturated heterocycles. The summed E-state index contributed by atoms with van der Waals surface area (Å²) in [6.45, 7) is 5.25. The van der Waals surface area contributed by atoms with E-state index >= 15 is 0 Å². The molecule has 0 fully saturated rings. The largest absolute Gasteiger partial charge is 0.501 e. The van der Waals surface area contributed by atoms with Crippen LogP contribution in [0.3, 0.4) is 0 Å². The van der Waals surface area contributed by atoms with E-state index in [1.54, 1.807) is 19.3 Å². The maximum absolute atomic E-state index is 11.6. The number of hydrogen-bond donors (Lipinski definition) is 0. The lowest BCUT2D eigenvalue weighted by Gasteiger charge is -2.12. The molecular weight excluding hydrogens is 171 g/mol. The van der Waals surface area contributed by atoms with Crippen molar-refractivity contribution in [1.82, 2.24) is 0 Å². The zero-order valence-electron chi connectivity index (χ0n) is 7.88. The van der Waals surface area contributed by atoms with Crippen molar-refractivity contribution in [3.8, 4) is 0 Å². The third kappa shape index (κ3) is 4.35. The Morgan fingerprint density at radius 2 is 1.85 bits per heavy atom. The molecule has 0 aromatic heterocycles. The van der Waals surface area contributed by atoms with Crippen molar-refractivity contribution < 1.29 is 13.9 Å². The Labute approximate surface area is 78.3 Å². The SMILES string of the molecule is C=C.COC1=CC=C(OCF)CC1. The molecule has 0 spiro atoms. The highest BCUT2D eigenvalue weighted by atomic mass is 19.1. The number of allylic oxidation sites excluding steroid dienone is 4. The summed E-state index contributed by atoms with van der Waals surface area (Å²) in [6, 6.07) is 0. The molecule has 1 aliphatic rings. The van der Waals surface area contributed by atoms with Crippen molar-refractivity contribution in [3.05, 3.63) is 36.8 Å². The molecule has 0 aromatic carbocycles. The van der Waals surface area contributed by atoms with Crippen LogP contribution < -0.4 is 0 Å². The summed E-state index contributed by atoms with van der Waals surface area (Å²) in [5.74, 6) is 1.60. The third-order valence-corrected chi connectivity index (χ3v) is 1.58. The van der Waals surface area contributed by atoms with Gasteiger partial charge in [0.1, 0.15) is 5.76 Å². The molecule has 1 aliphatic carbocycles. The van der Waals surface area contributed by atoms with Crippen molar-refractivity contribution in [1.29, 1.82) is 0 Å². The Morgan fingerprint density at radius 3 is 2.23 bits per heavy atom. The molecule has 1 rings (SSSR count). The topological polar surface area (TPSA) is 18.5 Å². The van der Waals surface area contributed by atoms with E-state index in [9.17, 15) is 4.39 Å². The van der Waals surface area contributed by atoms with E-state index in [0.29, 0.717) is 5.76 Å². The molecule has 74 valence electrons. The first-order chi connectivity index (χ1) is 6.36. The van der Waals surface area contributed by atoms with Crippen molar-refractivity contribution >= 4 is 0 Å². The summed E-state index contributed by atoms with van der Waals surface area (Å²) >= 11 is 0. The molecule has 0 atom stereocenters. The van der Waals surface area contributed by atoms with Gasteiger partial charge in [0.15, 0.2) is 0 Å². The van der Waals surface area contributed by atoms with Crippen LogP contribution in [0.1, 0.15) is 12.8 Å². The zero-order valence-corrected chi connectivity index (χ0v) is 7.88. The minimum absolute atomic E-state index is 0.688. The Bertz CT molecular complexity index is 197. The van der Waals surface area contributed by atoms with Crippen LogP contribution in [0.4, 0.5) is 4.39 Å². The Morgan fingerprint density at radius 1 is 1.31 bits per heavy atom. The average molecular weight is 186 g/mol. The second-order valence-electron chi connectivity index (χ2n) is 2.22. The van der Waals surface area contributed by atoms with Crippen LogP contribution in [0.15, 0.2) is 36.8 Å². The number of hydrogen-bond acceptors (Lipinski definition) is 2. The van der Waals surface area contributed by atoms with Crippen LogP contribution in [-0.4, -0.2) is 14.0 Å². The average Bonchev–Trinajstić information content (AvgIpc) is 2.23. The summed E-state index contributed by atoms with van der Waals surface area (Å²) in [5, 5.41) is 0. The van der Waals surface area contributed by atoms with Crippen molar-refractivity contribution in [2.45, 2.75) is 12.8 Å². The highest BCUT2D eigenvalue weighted by Gasteiger charge is 2.06. The van der Waals surface area contributed by atoms with Crippen molar-refractivity contribution in [2.75, 3.05) is 14.0 Å². The highest BCUT2D eigenvalue weighted by Crippen LogP contribution is 2.18. The molecule has 0 heterocycles. The molecule has 0 amide bonds. The van der Waals surface area contributed by atoms with Gasteiger partial charge in [-0.2, -0.15) is 0 Å². The van der Waals surface area contributed by atoms with Gasteiger partial charge in [0, 0.05) is 12.8 Å². The van der Waals surface area contributed by atoms with Gasteiger partial charge in [0.05, 0.1) is 12.9 Å². The van der Waals surface area contributed by atoms with Crippen LogP contribution in [0, 0.1) is 0 Å². The summed E-state index contributed by atoms with van der Waals surface area (Å²) in [7, 11) is 1.63. The van der Waals surface area contributed by atoms with Gasteiger partial charge in [-0.05, 0) is 12.2 Å². The molecule has 0 N–H and O–H groups in total. The number of alkyl halides is 1. The minimum atomic E-state index is -0.748. The molecule has 0 aromatic rings. The highest BCUT2D eigenvalue weighted by molar-refractivity contribution is 5.17. The first-order valence-electron chi connectivity index (χ1n) is 3.99. The van der Waals surface area contributed by atoms with E-state index in [1.165, 1.54) is 0 Å². The normalized spacial score (nSPS) is 14.6. The van der Waals surface area contributed by atoms with Crippen LogP contribution in [0.5, 0.6) is 0 Å². The predicted molar refractivity (Wildman–Crippen MR) is 50.7 cm³/mol. The molecule has 0 radical (unpaired) electrons. The first kappa shape index (κ1) is 11.8. The van der Waals surface area contributed by atoms with Gasteiger partial charge in [-0.15, -0.1) is 13.2 Å². The fraction of sp³-hybridized carbons (Fsp3) is 0.400. The predicted octanol–water partition coefficient (Wildman–Crippen LogP) is 2.94. The fourth-order valence-electron chi connectivity index (χ4n) is 0.959. The van der Waals surface area contributed by atoms with E-state index in [1.807, 2.05) is 0 Å². The van der Waals surface area contributed by atoms with Gasteiger partial charge in [-0.25, -0.2) is 4.39 Å². The maximum atomic E-state index is 11.6. The van der Waals surface area contributed by atoms with Gasteiger partial charge >= 0.3 is 0 Å². The van der Waals surface area contributed by atoms with Gasteiger partial charge < -0.3 is 9.47 Å². The van der Waals surface area contributed by atoms with E-state index < -0.39 is 6.86 Å². The Balaban J connectivity index is 0.000000671. The second kappa shape index (κ2) is 7.40. The summed E-state index contributed by atoms with van der Waals surface area (Å²) in [4.78, 5) is 0. The summed E-state index contributed by atoms with van der Waals surface area (Å²) < 4.78 is 21.3. The lowest BCUT2D eigenvalue weighted by molar-refractivity contribution is 0.107. The molecule has 2 nitrogen and oxygen atoms in total. The number of ether oxygens (including phenoxy) is 2. The van der Waals surface area contributed by atoms with Crippen LogP contribution >= 0.6 is 0 Å². The lowest BCUT2D eigenvalue weighted by Crippen LogP contribution is -1.98. The van der Waals surface area contributed by atoms with Crippen LogP contribution in [-0.2, 0) is 9.47 Å². The van der Waals surface area contributed by atoms with Gasteiger partial charge in [0.2, 0.25) is 6.86 Å². The van der Waals surface area contributed by atoms with Crippen molar-refractivity contribution in [2.24, 2.45) is 0 Å². The van der Waals surface area contributed by atoms with Gasteiger partial charge in [-0.3, -0.25) is 0 Å². The molecule has 0 unspecified atom stereocenters. The fourth-order valence-corrected chi connectivity index (χ4v) is 0.959. The maximum Gasteiger partial charge on any atom is 0.228 e. The summed E-state index contributed by atoms with van der Waals surface area (Å²) in [5.41, 5.74) is 0. The van der Waals surface area contributed by atoms with E-state index in [4.69, 9.17) is 4.74 Å². The van der Waals surface area contributed by atoms with E-state index in [-0.39, 0.29) is 0 Å². The number of rotatable bonds is 3.